The Morgan fingerprint density at radius 2 is 1.56 bits per heavy atom. The predicted octanol–water partition coefficient (Wildman–Crippen LogP) is 0.116. The van der Waals surface area contributed by atoms with E-state index in [2.05, 4.69) is 0 Å². The molecule has 3 fully saturated rings. The average Bonchev–Trinajstić information content (AvgIpc) is 3.18. The van der Waals surface area contributed by atoms with Crippen molar-refractivity contribution < 1.29 is 23.9 Å². The van der Waals surface area contributed by atoms with Gasteiger partial charge in [0.1, 0.15) is 0 Å². The minimum atomic E-state index is -1.03. The Balaban J connectivity index is 1.60. The van der Waals surface area contributed by atoms with E-state index in [1.165, 1.54) is 7.05 Å². The molecule has 0 radical (unpaired) electrons. The highest BCUT2D eigenvalue weighted by Gasteiger charge is 2.66. The SMILES string of the molecule is CCc1cccc(CN2C(=O)C3OC4C(=O)N(C)C(=O)C4C3C2=O)c1. The van der Waals surface area contributed by atoms with Gasteiger partial charge in [-0.1, -0.05) is 31.2 Å². The number of likely N-dealkylation sites (N-methyl/N-ethyl adjacent to an activating group) is 1. The van der Waals surface area contributed by atoms with E-state index < -0.39 is 47.7 Å². The predicted molar refractivity (Wildman–Crippen MR) is 84.8 cm³/mol. The van der Waals surface area contributed by atoms with Gasteiger partial charge >= 0.3 is 0 Å². The van der Waals surface area contributed by atoms with Crippen LogP contribution in [0.1, 0.15) is 18.1 Å². The number of nitrogens with zero attached hydrogens (tertiary/aromatic N) is 2. The Kier molecular flexibility index (Phi) is 3.50. The van der Waals surface area contributed by atoms with Crippen LogP contribution in [0.2, 0.25) is 0 Å². The van der Waals surface area contributed by atoms with Crippen molar-refractivity contribution in [1.29, 1.82) is 0 Å². The maximum absolute atomic E-state index is 12.8. The van der Waals surface area contributed by atoms with Crippen molar-refractivity contribution in [3.05, 3.63) is 35.4 Å². The molecule has 1 aromatic rings. The maximum atomic E-state index is 12.8. The number of imide groups is 2. The summed E-state index contributed by atoms with van der Waals surface area (Å²) >= 11 is 0. The minimum absolute atomic E-state index is 0.150. The Hall–Kier alpha value is -2.54. The molecule has 7 heteroatoms. The standard InChI is InChI=1S/C18H18N2O5/c1-3-9-5-4-6-10(7-9)8-20-16(22)12-11-13(25-14(12)18(20)24)17(23)19(2)15(11)21/h4-7,11-14H,3,8H2,1-2H3. The second kappa shape index (κ2) is 5.49. The highest BCUT2D eigenvalue weighted by molar-refractivity contribution is 6.14. The summed E-state index contributed by atoms with van der Waals surface area (Å²) in [4.78, 5) is 51.9. The van der Waals surface area contributed by atoms with Gasteiger partial charge in [0, 0.05) is 7.05 Å². The third kappa shape index (κ3) is 2.15. The van der Waals surface area contributed by atoms with Crippen LogP contribution in [-0.2, 0) is 36.9 Å². The van der Waals surface area contributed by atoms with Crippen molar-refractivity contribution in [1.82, 2.24) is 9.80 Å². The normalized spacial score (nSPS) is 31.1. The van der Waals surface area contributed by atoms with Gasteiger partial charge in [-0.25, -0.2) is 0 Å². The third-order valence-corrected chi connectivity index (χ3v) is 5.32. The van der Waals surface area contributed by atoms with Crippen molar-refractivity contribution in [2.45, 2.75) is 32.1 Å². The zero-order valence-corrected chi connectivity index (χ0v) is 14.0. The molecule has 0 spiro atoms. The molecule has 130 valence electrons. The lowest BCUT2D eigenvalue weighted by Crippen LogP contribution is -2.36. The second-order valence-electron chi connectivity index (χ2n) is 6.70. The molecule has 7 nitrogen and oxygen atoms in total. The monoisotopic (exact) mass is 342 g/mol. The molecule has 0 bridgehead atoms. The lowest BCUT2D eigenvalue weighted by atomic mass is 9.89. The molecule has 3 aliphatic heterocycles. The van der Waals surface area contributed by atoms with Crippen LogP contribution >= 0.6 is 0 Å². The summed E-state index contributed by atoms with van der Waals surface area (Å²) in [6.07, 6.45) is -1.18. The van der Waals surface area contributed by atoms with Crippen LogP contribution < -0.4 is 0 Å². The number of carbonyl (C=O) groups is 4. The van der Waals surface area contributed by atoms with E-state index in [4.69, 9.17) is 4.74 Å². The van der Waals surface area contributed by atoms with E-state index in [9.17, 15) is 19.2 Å². The molecule has 4 atom stereocenters. The zero-order chi connectivity index (χ0) is 17.9. The van der Waals surface area contributed by atoms with Crippen molar-refractivity contribution in [2.24, 2.45) is 11.8 Å². The molecule has 1 aromatic carbocycles. The topological polar surface area (TPSA) is 84.0 Å². The Bertz CT molecular complexity index is 804. The van der Waals surface area contributed by atoms with E-state index in [-0.39, 0.29) is 6.54 Å². The number of fused-ring (bicyclic) bond motifs is 3. The van der Waals surface area contributed by atoms with E-state index in [0.29, 0.717) is 0 Å². The first-order valence-corrected chi connectivity index (χ1v) is 8.34. The van der Waals surface area contributed by atoms with Gasteiger partial charge < -0.3 is 4.74 Å². The van der Waals surface area contributed by atoms with Gasteiger partial charge in [-0.2, -0.15) is 0 Å². The summed E-state index contributed by atoms with van der Waals surface area (Å²) in [6.45, 7) is 2.18. The summed E-state index contributed by atoms with van der Waals surface area (Å²) in [6, 6.07) is 7.69. The minimum Gasteiger partial charge on any atom is -0.354 e. The van der Waals surface area contributed by atoms with Gasteiger partial charge in [0.05, 0.1) is 18.4 Å². The summed E-state index contributed by atoms with van der Waals surface area (Å²) in [5, 5.41) is 0. The van der Waals surface area contributed by atoms with Crippen molar-refractivity contribution in [3.63, 3.8) is 0 Å². The van der Waals surface area contributed by atoms with Gasteiger partial charge in [0.15, 0.2) is 12.2 Å². The van der Waals surface area contributed by atoms with Crippen molar-refractivity contribution in [3.8, 4) is 0 Å². The van der Waals surface area contributed by atoms with Crippen LogP contribution in [0, 0.1) is 11.8 Å². The number of aryl methyl sites for hydroxylation is 1. The molecular formula is C18H18N2O5. The van der Waals surface area contributed by atoms with Crippen molar-refractivity contribution >= 4 is 23.6 Å². The molecular weight excluding hydrogens is 324 g/mol. The van der Waals surface area contributed by atoms with Crippen LogP contribution in [0.15, 0.2) is 24.3 Å². The molecule has 0 saturated carbocycles. The molecule has 0 aromatic heterocycles. The molecule has 0 N–H and O–H groups in total. The van der Waals surface area contributed by atoms with Gasteiger partial charge in [0.2, 0.25) is 11.8 Å². The Labute approximate surface area is 144 Å². The molecule has 4 amide bonds. The van der Waals surface area contributed by atoms with E-state index in [0.717, 1.165) is 27.3 Å². The third-order valence-electron chi connectivity index (χ3n) is 5.32. The number of carbonyl (C=O) groups excluding carboxylic acids is 4. The van der Waals surface area contributed by atoms with Crippen LogP contribution in [0.25, 0.3) is 0 Å². The summed E-state index contributed by atoms with van der Waals surface area (Å²) in [5.41, 5.74) is 1.97. The summed E-state index contributed by atoms with van der Waals surface area (Å²) in [7, 11) is 1.37. The molecule has 3 heterocycles. The van der Waals surface area contributed by atoms with E-state index in [1.54, 1.807) is 0 Å². The fourth-order valence-corrected chi connectivity index (χ4v) is 3.95. The van der Waals surface area contributed by atoms with E-state index >= 15 is 0 Å². The van der Waals surface area contributed by atoms with Gasteiger partial charge in [-0.3, -0.25) is 29.0 Å². The van der Waals surface area contributed by atoms with E-state index in [1.807, 2.05) is 31.2 Å². The number of amides is 4. The first kappa shape index (κ1) is 16.0. The number of likely N-dealkylation sites (tertiary alicyclic amines) is 2. The number of ether oxygens (including phenoxy) is 1. The Morgan fingerprint density at radius 1 is 0.920 bits per heavy atom. The molecule has 4 unspecified atom stereocenters. The highest BCUT2D eigenvalue weighted by atomic mass is 16.5. The molecule has 3 saturated heterocycles. The number of benzene rings is 1. The zero-order valence-electron chi connectivity index (χ0n) is 14.0. The largest absolute Gasteiger partial charge is 0.354 e. The number of hydrogen-bond acceptors (Lipinski definition) is 5. The fraction of sp³-hybridized carbons (Fsp3) is 0.444. The first-order valence-electron chi connectivity index (χ1n) is 8.34. The fourth-order valence-electron chi connectivity index (χ4n) is 3.95. The van der Waals surface area contributed by atoms with Crippen LogP contribution in [0.3, 0.4) is 0 Å². The average molecular weight is 342 g/mol. The molecule has 4 rings (SSSR count). The lowest BCUT2D eigenvalue weighted by Gasteiger charge is -2.18. The summed E-state index contributed by atoms with van der Waals surface area (Å²) < 4.78 is 5.53. The van der Waals surface area contributed by atoms with Gasteiger partial charge in [-0.15, -0.1) is 0 Å². The smallest absolute Gasteiger partial charge is 0.259 e. The maximum Gasteiger partial charge on any atom is 0.259 e. The number of hydrogen-bond donors (Lipinski definition) is 0. The second-order valence-corrected chi connectivity index (χ2v) is 6.70. The quantitative estimate of drug-likeness (QED) is 0.729. The summed E-state index contributed by atoms with van der Waals surface area (Å²) in [5.74, 6) is -3.60. The first-order chi connectivity index (χ1) is 11.9. The van der Waals surface area contributed by atoms with Crippen LogP contribution in [0.4, 0.5) is 0 Å². The van der Waals surface area contributed by atoms with Gasteiger partial charge in [-0.05, 0) is 17.5 Å². The highest BCUT2D eigenvalue weighted by Crippen LogP contribution is 2.44. The molecule has 3 aliphatic rings. The van der Waals surface area contributed by atoms with Crippen molar-refractivity contribution in [2.75, 3.05) is 7.05 Å². The number of rotatable bonds is 3. The van der Waals surface area contributed by atoms with Crippen LogP contribution in [-0.4, -0.2) is 52.7 Å². The Morgan fingerprint density at radius 3 is 2.28 bits per heavy atom. The van der Waals surface area contributed by atoms with Gasteiger partial charge in [0.25, 0.3) is 11.8 Å². The molecule has 0 aliphatic carbocycles. The lowest BCUT2D eigenvalue weighted by molar-refractivity contribution is -0.147. The molecule has 25 heavy (non-hydrogen) atoms. The van der Waals surface area contributed by atoms with Crippen LogP contribution in [0.5, 0.6) is 0 Å².